The van der Waals surface area contributed by atoms with Crippen LogP contribution in [-0.2, 0) is 9.59 Å². The summed E-state index contributed by atoms with van der Waals surface area (Å²) in [6.45, 7) is 7.34. The second kappa shape index (κ2) is 7.31. The number of halogens is 1. The molecular weight excluding hydrogens is 354 g/mol. The van der Waals surface area contributed by atoms with E-state index in [9.17, 15) is 14.7 Å². The molecule has 6 heteroatoms. The highest BCUT2D eigenvalue weighted by atomic mass is 79.9. The molecule has 0 bridgehead atoms. The predicted molar refractivity (Wildman–Crippen MR) is 88.6 cm³/mol. The van der Waals surface area contributed by atoms with Gasteiger partial charge in [0.2, 0.25) is 5.91 Å². The van der Waals surface area contributed by atoms with Crippen molar-refractivity contribution in [2.45, 2.75) is 38.6 Å². The topological polar surface area (TPSA) is 66.4 Å². The fourth-order valence-electron chi connectivity index (χ4n) is 1.77. The molecule has 1 aromatic carbocycles. The summed E-state index contributed by atoms with van der Waals surface area (Å²) in [5, 5.41) is 11.8. The number of benzene rings is 1. The van der Waals surface area contributed by atoms with Crippen LogP contribution in [-0.4, -0.2) is 28.8 Å². The fourth-order valence-corrected chi connectivity index (χ4v) is 3.07. The number of carboxylic acid groups (broad SMARTS) is 1. The van der Waals surface area contributed by atoms with Crippen LogP contribution in [0, 0.1) is 12.3 Å². The first-order chi connectivity index (χ1) is 9.61. The van der Waals surface area contributed by atoms with Crippen molar-refractivity contribution in [2.24, 2.45) is 5.41 Å². The summed E-state index contributed by atoms with van der Waals surface area (Å²) in [6, 6.07) is 4.95. The van der Waals surface area contributed by atoms with Gasteiger partial charge in [0.1, 0.15) is 6.04 Å². The Kier molecular flexibility index (Phi) is 6.28. The van der Waals surface area contributed by atoms with Crippen LogP contribution in [0.25, 0.3) is 0 Å². The molecule has 1 atom stereocenters. The molecule has 116 valence electrons. The molecule has 0 unspecified atom stereocenters. The first-order valence-corrected chi connectivity index (χ1v) is 8.30. The number of amides is 1. The van der Waals surface area contributed by atoms with Crippen molar-refractivity contribution in [3.05, 3.63) is 28.2 Å². The Bertz CT molecular complexity index is 540. The lowest BCUT2D eigenvalue weighted by molar-refractivity contribution is -0.144. The van der Waals surface area contributed by atoms with Gasteiger partial charge in [-0.15, -0.1) is 11.8 Å². The molecule has 4 nitrogen and oxygen atoms in total. The Labute approximate surface area is 137 Å². The molecule has 0 aliphatic carbocycles. The summed E-state index contributed by atoms with van der Waals surface area (Å²) in [7, 11) is 0. The van der Waals surface area contributed by atoms with Gasteiger partial charge in [-0.3, -0.25) is 4.79 Å². The normalized spacial score (nSPS) is 12.8. The summed E-state index contributed by atoms with van der Waals surface area (Å²) in [6.07, 6.45) is 0. The van der Waals surface area contributed by atoms with Crippen molar-refractivity contribution >= 4 is 39.6 Å². The average molecular weight is 374 g/mol. The molecule has 0 saturated heterocycles. The largest absolute Gasteiger partial charge is 0.480 e. The highest BCUT2D eigenvalue weighted by Crippen LogP contribution is 2.25. The van der Waals surface area contributed by atoms with E-state index in [1.807, 2.05) is 25.1 Å². The zero-order valence-corrected chi connectivity index (χ0v) is 15.0. The predicted octanol–water partition coefficient (Wildman–Crippen LogP) is 3.47. The van der Waals surface area contributed by atoms with E-state index in [1.54, 1.807) is 20.8 Å². The number of rotatable bonds is 5. The van der Waals surface area contributed by atoms with E-state index in [4.69, 9.17) is 0 Å². The van der Waals surface area contributed by atoms with E-state index in [-0.39, 0.29) is 11.7 Å². The molecule has 1 amide bonds. The zero-order chi connectivity index (χ0) is 16.2. The van der Waals surface area contributed by atoms with Crippen molar-refractivity contribution in [1.82, 2.24) is 5.32 Å². The second-order valence-corrected chi connectivity index (χ2v) is 7.84. The number of hydrogen-bond donors (Lipinski definition) is 2. The van der Waals surface area contributed by atoms with Gasteiger partial charge in [0.25, 0.3) is 0 Å². The number of carboxylic acids is 1. The zero-order valence-electron chi connectivity index (χ0n) is 12.6. The molecule has 0 spiro atoms. The third-order valence-electron chi connectivity index (χ3n) is 2.91. The maximum atomic E-state index is 12.0. The van der Waals surface area contributed by atoms with Gasteiger partial charge in [0, 0.05) is 9.37 Å². The van der Waals surface area contributed by atoms with E-state index in [0.29, 0.717) is 0 Å². The maximum absolute atomic E-state index is 12.0. The first kappa shape index (κ1) is 18.0. The lowest BCUT2D eigenvalue weighted by atomic mass is 9.87. The van der Waals surface area contributed by atoms with Crippen LogP contribution < -0.4 is 5.32 Å². The van der Waals surface area contributed by atoms with E-state index >= 15 is 0 Å². The number of nitrogens with one attached hydrogen (secondary N) is 1. The minimum absolute atomic E-state index is 0.197. The lowest BCUT2D eigenvalue weighted by Gasteiger charge is -2.27. The van der Waals surface area contributed by atoms with Gasteiger partial charge < -0.3 is 10.4 Å². The Hall–Kier alpha value is -1.01. The van der Waals surface area contributed by atoms with Crippen molar-refractivity contribution in [2.75, 3.05) is 5.75 Å². The third-order valence-corrected chi connectivity index (χ3v) is 4.58. The lowest BCUT2D eigenvalue weighted by Crippen LogP contribution is -2.49. The van der Waals surface area contributed by atoms with Crippen molar-refractivity contribution in [3.63, 3.8) is 0 Å². The number of hydrogen-bond acceptors (Lipinski definition) is 3. The molecular formula is C15H20BrNO3S. The van der Waals surface area contributed by atoms with Crippen LogP contribution >= 0.6 is 27.7 Å². The van der Waals surface area contributed by atoms with Gasteiger partial charge in [-0.05, 0) is 36.1 Å². The summed E-state index contributed by atoms with van der Waals surface area (Å²) in [5.74, 6) is -1.09. The highest BCUT2D eigenvalue weighted by molar-refractivity contribution is 9.10. The molecule has 1 rings (SSSR count). The van der Waals surface area contributed by atoms with Gasteiger partial charge in [-0.2, -0.15) is 0 Å². The molecule has 1 aromatic rings. The van der Waals surface area contributed by atoms with E-state index in [2.05, 4.69) is 21.2 Å². The number of aryl methyl sites for hydroxylation is 1. The minimum atomic E-state index is -1.01. The van der Waals surface area contributed by atoms with Crippen molar-refractivity contribution in [1.29, 1.82) is 0 Å². The Morgan fingerprint density at radius 1 is 1.38 bits per heavy atom. The number of carbonyl (C=O) groups excluding carboxylic acids is 1. The van der Waals surface area contributed by atoms with E-state index < -0.39 is 17.4 Å². The SMILES string of the molecule is Cc1cc(Br)ccc1SCC(=O)N[C@H](C(=O)O)C(C)(C)C. The summed E-state index contributed by atoms with van der Waals surface area (Å²) in [4.78, 5) is 24.2. The third kappa shape index (κ3) is 5.71. The van der Waals surface area contributed by atoms with E-state index in [0.717, 1.165) is 14.9 Å². The van der Waals surface area contributed by atoms with Crippen molar-refractivity contribution in [3.8, 4) is 0 Å². The monoisotopic (exact) mass is 373 g/mol. The van der Waals surface area contributed by atoms with Crippen molar-refractivity contribution < 1.29 is 14.7 Å². The van der Waals surface area contributed by atoms with Gasteiger partial charge >= 0.3 is 5.97 Å². The van der Waals surface area contributed by atoms with Gasteiger partial charge in [-0.25, -0.2) is 4.79 Å². The summed E-state index contributed by atoms with van der Waals surface area (Å²) < 4.78 is 0.993. The fraction of sp³-hybridized carbons (Fsp3) is 0.467. The molecule has 0 aromatic heterocycles. The average Bonchev–Trinajstić information content (AvgIpc) is 2.33. The minimum Gasteiger partial charge on any atom is -0.480 e. The molecule has 0 aliphatic rings. The number of aliphatic carboxylic acids is 1. The molecule has 0 saturated carbocycles. The van der Waals surface area contributed by atoms with Crippen LogP contribution in [0.3, 0.4) is 0 Å². The van der Waals surface area contributed by atoms with Crippen LogP contribution in [0.2, 0.25) is 0 Å². The van der Waals surface area contributed by atoms with E-state index in [1.165, 1.54) is 11.8 Å². The van der Waals surface area contributed by atoms with Gasteiger partial charge in [-0.1, -0.05) is 36.7 Å². The Balaban J connectivity index is 2.63. The number of carbonyl (C=O) groups is 2. The summed E-state index contributed by atoms with van der Waals surface area (Å²) in [5.41, 5.74) is 0.549. The molecule has 0 radical (unpaired) electrons. The van der Waals surface area contributed by atoms with Gasteiger partial charge in [0.05, 0.1) is 5.75 Å². The Morgan fingerprint density at radius 3 is 2.48 bits per heavy atom. The molecule has 0 heterocycles. The smallest absolute Gasteiger partial charge is 0.326 e. The van der Waals surface area contributed by atoms with Crippen LogP contribution in [0.1, 0.15) is 26.3 Å². The second-order valence-electron chi connectivity index (χ2n) is 5.90. The van der Waals surface area contributed by atoms with Gasteiger partial charge in [0.15, 0.2) is 0 Å². The maximum Gasteiger partial charge on any atom is 0.326 e. The van der Waals surface area contributed by atoms with Crippen LogP contribution in [0.5, 0.6) is 0 Å². The van der Waals surface area contributed by atoms with Crippen LogP contribution in [0.4, 0.5) is 0 Å². The molecule has 21 heavy (non-hydrogen) atoms. The molecule has 2 N–H and O–H groups in total. The van der Waals surface area contributed by atoms with Crippen LogP contribution in [0.15, 0.2) is 27.6 Å². The highest BCUT2D eigenvalue weighted by Gasteiger charge is 2.32. The molecule has 0 aliphatic heterocycles. The first-order valence-electron chi connectivity index (χ1n) is 6.52. The Morgan fingerprint density at radius 2 is 2.00 bits per heavy atom. The number of thioether (sulfide) groups is 1. The quantitative estimate of drug-likeness (QED) is 0.775. The molecule has 0 fully saturated rings. The summed E-state index contributed by atoms with van der Waals surface area (Å²) >= 11 is 4.80. The standard InChI is InChI=1S/C15H20BrNO3S/c1-9-7-10(16)5-6-11(9)21-8-12(18)17-13(14(19)20)15(2,3)4/h5-7,13H,8H2,1-4H3,(H,17,18)(H,19,20)/t13-/m1/s1.